The van der Waals surface area contributed by atoms with Crippen molar-refractivity contribution in [1.29, 1.82) is 5.26 Å². The Labute approximate surface area is 130 Å². The Bertz CT molecular complexity index is 653. The second-order valence-corrected chi connectivity index (χ2v) is 6.26. The maximum atomic E-state index is 11.0. The van der Waals surface area contributed by atoms with E-state index in [2.05, 4.69) is 10.3 Å². The first-order valence-electron chi connectivity index (χ1n) is 6.15. The Balaban J connectivity index is 1.85. The van der Waals surface area contributed by atoms with E-state index in [4.69, 9.17) is 5.26 Å². The fourth-order valence-corrected chi connectivity index (χ4v) is 3.29. The van der Waals surface area contributed by atoms with E-state index in [1.54, 1.807) is 41.4 Å². The average Bonchev–Trinajstić information content (AvgIpc) is 3.00. The van der Waals surface area contributed by atoms with E-state index in [1.807, 2.05) is 11.4 Å². The number of nitrogens with zero attached hydrogens (tertiary/aromatic N) is 3. The lowest BCUT2D eigenvalue weighted by Gasteiger charge is -2.06. The van der Waals surface area contributed by atoms with Gasteiger partial charge in [0.15, 0.2) is 0 Å². The van der Waals surface area contributed by atoms with Crippen LogP contribution in [0.4, 0.5) is 11.4 Å². The van der Waals surface area contributed by atoms with Crippen molar-refractivity contribution in [3.63, 3.8) is 0 Å². The Morgan fingerprint density at radius 3 is 3.05 bits per heavy atom. The summed E-state index contributed by atoms with van der Waals surface area (Å²) >= 11 is 3.27. The molecular formula is C13H12N4O2S2. The van der Waals surface area contributed by atoms with Crippen LogP contribution in [0.1, 0.15) is 12.0 Å². The van der Waals surface area contributed by atoms with Crippen molar-refractivity contribution in [2.24, 2.45) is 0 Å². The monoisotopic (exact) mass is 320 g/mol. The molecule has 0 aliphatic heterocycles. The number of rotatable bonds is 7. The van der Waals surface area contributed by atoms with E-state index in [9.17, 15) is 10.1 Å². The molecule has 2 rings (SSSR count). The van der Waals surface area contributed by atoms with Crippen molar-refractivity contribution in [1.82, 2.24) is 4.98 Å². The topological polar surface area (TPSA) is 91.8 Å². The van der Waals surface area contributed by atoms with Gasteiger partial charge in [0.2, 0.25) is 0 Å². The summed E-state index contributed by atoms with van der Waals surface area (Å²) in [4.78, 5) is 14.7. The van der Waals surface area contributed by atoms with E-state index in [-0.39, 0.29) is 11.3 Å². The van der Waals surface area contributed by atoms with Crippen LogP contribution >= 0.6 is 23.1 Å². The predicted octanol–water partition coefficient (Wildman–Crippen LogP) is 3.52. The van der Waals surface area contributed by atoms with Crippen molar-refractivity contribution in [2.75, 3.05) is 17.6 Å². The molecule has 0 unspecified atom stereocenters. The molecule has 108 valence electrons. The molecule has 1 heterocycles. The van der Waals surface area contributed by atoms with E-state index in [1.165, 1.54) is 6.07 Å². The zero-order valence-electron chi connectivity index (χ0n) is 11.0. The van der Waals surface area contributed by atoms with Crippen LogP contribution in [0.3, 0.4) is 0 Å². The van der Waals surface area contributed by atoms with Crippen LogP contribution in [-0.4, -0.2) is 22.2 Å². The molecule has 0 fully saturated rings. The zero-order chi connectivity index (χ0) is 15.1. The van der Waals surface area contributed by atoms with Gasteiger partial charge in [-0.05, 0) is 18.6 Å². The minimum absolute atomic E-state index is 0.0679. The summed E-state index contributed by atoms with van der Waals surface area (Å²) in [6, 6.07) is 6.33. The van der Waals surface area contributed by atoms with E-state index < -0.39 is 4.92 Å². The summed E-state index contributed by atoms with van der Waals surface area (Å²) in [5, 5.41) is 24.7. The number of aromatic nitrogens is 1. The lowest BCUT2D eigenvalue weighted by molar-refractivity contribution is -0.384. The largest absolute Gasteiger partial charge is 0.379 e. The molecule has 21 heavy (non-hydrogen) atoms. The fourth-order valence-electron chi connectivity index (χ4n) is 1.64. The summed E-state index contributed by atoms with van der Waals surface area (Å²) in [6.45, 7) is 0.630. The van der Waals surface area contributed by atoms with Gasteiger partial charge in [0, 0.05) is 29.9 Å². The van der Waals surface area contributed by atoms with Crippen molar-refractivity contribution < 1.29 is 4.92 Å². The molecule has 0 atom stereocenters. The van der Waals surface area contributed by atoms with Crippen LogP contribution in [-0.2, 0) is 0 Å². The zero-order valence-corrected chi connectivity index (χ0v) is 12.6. The number of nitro benzene ring substituents is 1. The summed E-state index contributed by atoms with van der Waals surface area (Å²) in [7, 11) is 0. The third-order valence-corrected chi connectivity index (χ3v) is 4.65. The molecule has 0 aliphatic rings. The molecule has 0 aliphatic carbocycles. The molecule has 0 spiro atoms. The molecule has 1 N–H and O–H groups in total. The number of anilines is 1. The highest BCUT2D eigenvalue weighted by Gasteiger charge is 2.14. The van der Waals surface area contributed by atoms with Gasteiger partial charge in [-0.2, -0.15) is 5.26 Å². The molecule has 0 saturated heterocycles. The van der Waals surface area contributed by atoms with Gasteiger partial charge < -0.3 is 5.32 Å². The fraction of sp³-hybridized carbons (Fsp3) is 0.231. The van der Waals surface area contributed by atoms with E-state index in [0.717, 1.165) is 16.5 Å². The number of hydrogen-bond donors (Lipinski definition) is 1. The van der Waals surface area contributed by atoms with Crippen molar-refractivity contribution in [3.05, 3.63) is 45.5 Å². The van der Waals surface area contributed by atoms with Crippen molar-refractivity contribution in [3.8, 4) is 6.07 Å². The molecule has 0 radical (unpaired) electrons. The van der Waals surface area contributed by atoms with Gasteiger partial charge in [0.05, 0.1) is 16.6 Å². The lowest BCUT2D eigenvalue weighted by Crippen LogP contribution is -2.05. The first kappa shape index (κ1) is 15.3. The highest BCUT2D eigenvalue weighted by molar-refractivity contribution is 8.00. The Hall–Kier alpha value is -2.11. The Morgan fingerprint density at radius 2 is 2.38 bits per heavy atom. The molecule has 6 nitrogen and oxygen atoms in total. The number of nitro groups is 1. The smallest absolute Gasteiger partial charge is 0.293 e. The number of hydrogen-bond acceptors (Lipinski definition) is 7. The minimum Gasteiger partial charge on any atom is -0.379 e. The minimum atomic E-state index is -0.479. The Morgan fingerprint density at radius 1 is 1.52 bits per heavy atom. The molecule has 1 aromatic heterocycles. The van der Waals surface area contributed by atoms with Gasteiger partial charge in [-0.25, -0.2) is 4.98 Å². The van der Waals surface area contributed by atoms with Gasteiger partial charge in [-0.1, -0.05) is 11.8 Å². The van der Waals surface area contributed by atoms with E-state index in [0.29, 0.717) is 12.2 Å². The number of thioether (sulfide) groups is 1. The Kier molecular flexibility index (Phi) is 5.54. The summed E-state index contributed by atoms with van der Waals surface area (Å²) in [5.74, 6) is 0.893. The maximum absolute atomic E-state index is 11.0. The molecule has 0 amide bonds. The highest BCUT2D eigenvalue weighted by Crippen LogP contribution is 2.25. The second-order valence-electron chi connectivity index (χ2n) is 4.03. The van der Waals surface area contributed by atoms with Gasteiger partial charge in [-0.3, -0.25) is 10.1 Å². The number of nitrogens with one attached hydrogen (secondary N) is 1. The van der Waals surface area contributed by atoms with Crippen LogP contribution in [0.25, 0.3) is 0 Å². The molecule has 0 bridgehead atoms. The quantitative estimate of drug-likeness (QED) is 0.363. The third-order valence-electron chi connectivity index (χ3n) is 2.60. The molecule has 1 aromatic carbocycles. The van der Waals surface area contributed by atoms with Crippen LogP contribution in [0, 0.1) is 21.4 Å². The summed E-state index contributed by atoms with van der Waals surface area (Å²) in [6.07, 6.45) is 2.63. The number of nitriles is 1. The van der Waals surface area contributed by atoms with Crippen LogP contribution in [0.2, 0.25) is 0 Å². The van der Waals surface area contributed by atoms with E-state index >= 15 is 0 Å². The molecule has 2 aromatic rings. The van der Waals surface area contributed by atoms with Gasteiger partial charge >= 0.3 is 0 Å². The average molecular weight is 320 g/mol. The van der Waals surface area contributed by atoms with Gasteiger partial charge in [0.25, 0.3) is 5.69 Å². The number of benzene rings is 1. The molecule has 8 heteroatoms. The van der Waals surface area contributed by atoms with Crippen LogP contribution in [0.5, 0.6) is 0 Å². The van der Waals surface area contributed by atoms with Crippen LogP contribution < -0.4 is 5.32 Å². The first-order chi connectivity index (χ1) is 10.2. The third kappa shape index (κ3) is 4.44. The summed E-state index contributed by atoms with van der Waals surface area (Å²) < 4.78 is 1.03. The SMILES string of the molecule is N#Cc1ccc(NCCCSc2nccs2)c([N+](=O)[O-])c1. The highest BCUT2D eigenvalue weighted by atomic mass is 32.2. The van der Waals surface area contributed by atoms with Crippen molar-refractivity contribution >= 4 is 34.5 Å². The van der Waals surface area contributed by atoms with Crippen LogP contribution in [0.15, 0.2) is 34.1 Å². The molecular weight excluding hydrogens is 308 g/mol. The van der Waals surface area contributed by atoms with Gasteiger partial charge in [0.1, 0.15) is 10.0 Å². The number of thiazole rings is 1. The molecule has 0 saturated carbocycles. The first-order valence-corrected chi connectivity index (χ1v) is 8.02. The standard InChI is InChI=1S/C13H12N4O2S2/c14-9-10-2-3-11(12(8-10)17(18)19)15-4-1-6-20-13-16-5-7-21-13/h2-3,5,7-8,15H,1,4,6H2. The normalized spacial score (nSPS) is 10.0. The summed E-state index contributed by atoms with van der Waals surface area (Å²) in [5.41, 5.74) is 0.659. The van der Waals surface area contributed by atoms with Crippen molar-refractivity contribution in [2.45, 2.75) is 10.8 Å². The lowest BCUT2D eigenvalue weighted by atomic mass is 10.2. The second kappa shape index (κ2) is 7.61. The predicted molar refractivity (Wildman–Crippen MR) is 83.8 cm³/mol. The maximum Gasteiger partial charge on any atom is 0.293 e. The van der Waals surface area contributed by atoms with Gasteiger partial charge in [-0.15, -0.1) is 11.3 Å².